The van der Waals surface area contributed by atoms with Gasteiger partial charge in [-0.25, -0.2) is 4.98 Å². The predicted octanol–water partition coefficient (Wildman–Crippen LogP) is 2.85. The number of carbonyl (C=O) groups is 1. The zero-order valence-corrected chi connectivity index (χ0v) is 13.8. The van der Waals surface area contributed by atoms with E-state index in [9.17, 15) is 4.79 Å². The first-order valence-corrected chi connectivity index (χ1v) is 8.31. The monoisotopic (exact) mass is 340 g/mol. The van der Waals surface area contributed by atoms with Crippen LogP contribution < -0.4 is 10.2 Å². The van der Waals surface area contributed by atoms with Crippen LogP contribution in [0.1, 0.15) is 5.56 Å². The molecule has 24 heavy (non-hydrogen) atoms. The molecule has 2 aliphatic rings. The SMILES string of the molecule is O=C1Nc2ccc(Cl)cc2/C1=C\N1CCN(c2ccccn2)CC1. The van der Waals surface area contributed by atoms with E-state index in [4.69, 9.17) is 11.6 Å². The maximum Gasteiger partial charge on any atom is 0.257 e. The van der Waals surface area contributed by atoms with Crippen molar-refractivity contribution in [2.45, 2.75) is 0 Å². The first-order chi connectivity index (χ1) is 11.7. The lowest BCUT2D eigenvalue weighted by atomic mass is 10.1. The molecule has 122 valence electrons. The number of nitrogens with zero attached hydrogens (tertiary/aromatic N) is 3. The molecule has 0 saturated carbocycles. The van der Waals surface area contributed by atoms with Crippen molar-refractivity contribution in [1.29, 1.82) is 0 Å². The number of piperazine rings is 1. The number of rotatable bonds is 2. The van der Waals surface area contributed by atoms with E-state index in [0.717, 1.165) is 43.2 Å². The number of halogens is 1. The minimum absolute atomic E-state index is 0.0700. The van der Waals surface area contributed by atoms with Gasteiger partial charge in [0.25, 0.3) is 5.91 Å². The number of hydrogen-bond acceptors (Lipinski definition) is 4. The molecule has 0 spiro atoms. The summed E-state index contributed by atoms with van der Waals surface area (Å²) in [6.45, 7) is 3.46. The number of amides is 1. The molecule has 3 heterocycles. The van der Waals surface area contributed by atoms with Gasteiger partial charge in [0.1, 0.15) is 5.82 Å². The van der Waals surface area contributed by atoms with Crippen molar-refractivity contribution in [1.82, 2.24) is 9.88 Å². The molecule has 0 bridgehead atoms. The third kappa shape index (κ3) is 2.83. The Morgan fingerprint density at radius 1 is 1.12 bits per heavy atom. The summed E-state index contributed by atoms with van der Waals surface area (Å²) in [5, 5.41) is 3.52. The molecule has 4 rings (SSSR count). The minimum Gasteiger partial charge on any atom is -0.373 e. The summed E-state index contributed by atoms with van der Waals surface area (Å²) in [6.07, 6.45) is 3.76. The standard InChI is InChI=1S/C18H17ClN4O/c19-13-4-5-16-14(11-13)15(18(24)21-16)12-22-7-9-23(10-8-22)17-3-1-2-6-20-17/h1-6,11-12H,7-10H2,(H,21,24)/b15-12+. The van der Waals surface area contributed by atoms with Gasteiger partial charge in [-0.3, -0.25) is 4.79 Å². The molecule has 1 fully saturated rings. The molecule has 0 radical (unpaired) electrons. The van der Waals surface area contributed by atoms with Gasteiger partial charge in [-0.15, -0.1) is 0 Å². The van der Waals surface area contributed by atoms with Gasteiger partial charge in [0.05, 0.1) is 5.57 Å². The molecule has 0 unspecified atom stereocenters. The minimum atomic E-state index is -0.0700. The molecular weight excluding hydrogens is 324 g/mol. The molecule has 1 amide bonds. The Balaban J connectivity index is 1.50. The lowest BCUT2D eigenvalue weighted by molar-refractivity contribution is -0.110. The second-order valence-corrected chi connectivity index (χ2v) is 6.33. The van der Waals surface area contributed by atoms with Gasteiger partial charge in [0, 0.05) is 54.8 Å². The van der Waals surface area contributed by atoms with Crippen LogP contribution in [0.4, 0.5) is 11.5 Å². The van der Waals surface area contributed by atoms with Crippen molar-refractivity contribution in [2.75, 3.05) is 36.4 Å². The topological polar surface area (TPSA) is 48.5 Å². The molecule has 6 heteroatoms. The summed E-state index contributed by atoms with van der Waals surface area (Å²) in [4.78, 5) is 21.1. The third-order valence-electron chi connectivity index (χ3n) is 4.36. The highest BCUT2D eigenvalue weighted by atomic mass is 35.5. The third-order valence-corrected chi connectivity index (χ3v) is 4.60. The average Bonchev–Trinajstić information content (AvgIpc) is 2.92. The molecule has 0 aliphatic carbocycles. The summed E-state index contributed by atoms with van der Waals surface area (Å²) >= 11 is 6.07. The summed E-state index contributed by atoms with van der Waals surface area (Å²) in [5.41, 5.74) is 2.38. The molecule has 1 aromatic carbocycles. The second-order valence-electron chi connectivity index (χ2n) is 5.90. The van der Waals surface area contributed by atoms with Gasteiger partial charge >= 0.3 is 0 Å². The largest absolute Gasteiger partial charge is 0.373 e. The van der Waals surface area contributed by atoms with Crippen molar-refractivity contribution < 1.29 is 4.79 Å². The Labute approximate surface area is 145 Å². The van der Waals surface area contributed by atoms with E-state index in [2.05, 4.69) is 20.1 Å². The highest BCUT2D eigenvalue weighted by Crippen LogP contribution is 2.34. The van der Waals surface area contributed by atoms with Gasteiger partial charge in [0.2, 0.25) is 0 Å². The fourth-order valence-electron chi connectivity index (χ4n) is 3.09. The molecule has 1 saturated heterocycles. The first-order valence-electron chi connectivity index (χ1n) is 7.94. The quantitative estimate of drug-likeness (QED) is 0.854. The maximum absolute atomic E-state index is 12.2. The van der Waals surface area contributed by atoms with Crippen LogP contribution in [0.25, 0.3) is 5.57 Å². The Bertz CT molecular complexity index is 798. The van der Waals surface area contributed by atoms with E-state index < -0.39 is 0 Å². The normalized spacial score (nSPS) is 18.7. The zero-order chi connectivity index (χ0) is 16.5. The molecular formula is C18H17ClN4O. The van der Waals surface area contributed by atoms with E-state index in [1.165, 1.54) is 0 Å². The van der Waals surface area contributed by atoms with Crippen LogP contribution in [-0.4, -0.2) is 42.0 Å². The summed E-state index contributed by atoms with van der Waals surface area (Å²) < 4.78 is 0. The number of hydrogen-bond donors (Lipinski definition) is 1. The number of fused-ring (bicyclic) bond motifs is 1. The summed E-state index contributed by atoms with van der Waals surface area (Å²) in [6, 6.07) is 11.4. The fourth-order valence-corrected chi connectivity index (χ4v) is 3.26. The second kappa shape index (κ2) is 6.17. The zero-order valence-electron chi connectivity index (χ0n) is 13.1. The number of benzene rings is 1. The van der Waals surface area contributed by atoms with Crippen LogP contribution >= 0.6 is 11.6 Å². The molecule has 1 N–H and O–H groups in total. The number of carbonyl (C=O) groups excluding carboxylic acids is 1. The maximum atomic E-state index is 12.2. The van der Waals surface area contributed by atoms with Gasteiger partial charge in [-0.2, -0.15) is 0 Å². The van der Waals surface area contributed by atoms with E-state index >= 15 is 0 Å². The van der Waals surface area contributed by atoms with Crippen LogP contribution in [-0.2, 0) is 4.79 Å². The molecule has 5 nitrogen and oxygen atoms in total. The predicted molar refractivity (Wildman–Crippen MR) is 96.1 cm³/mol. The Hall–Kier alpha value is -2.53. The van der Waals surface area contributed by atoms with Gasteiger partial charge in [0.15, 0.2) is 0 Å². The van der Waals surface area contributed by atoms with Crippen LogP contribution in [0.2, 0.25) is 5.02 Å². The first kappa shape index (κ1) is 15.0. The number of anilines is 2. The van der Waals surface area contributed by atoms with Crippen LogP contribution in [0.15, 0.2) is 48.8 Å². The summed E-state index contributed by atoms with van der Waals surface area (Å²) in [5.74, 6) is 0.931. The van der Waals surface area contributed by atoms with Crippen LogP contribution in [0.3, 0.4) is 0 Å². The van der Waals surface area contributed by atoms with E-state index in [1.807, 2.05) is 42.7 Å². The van der Waals surface area contributed by atoms with Crippen LogP contribution in [0, 0.1) is 0 Å². The number of aromatic nitrogens is 1. The average molecular weight is 341 g/mol. The van der Waals surface area contributed by atoms with E-state index in [1.54, 1.807) is 6.07 Å². The highest BCUT2D eigenvalue weighted by Gasteiger charge is 2.26. The lowest BCUT2D eigenvalue weighted by Crippen LogP contribution is -2.44. The Morgan fingerprint density at radius 3 is 2.71 bits per heavy atom. The smallest absolute Gasteiger partial charge is 0.257 e. The highest BCUT2D eigenvalue weighted by molar-refractivity contribution is 6.34. The lowest BCUT2D eigenvalue weighted by Gasteiger charge is -2.35. The van der Waals surface area contributed by atoms with Crippen molar-refractivity contribution in [3.05, 3.63) is 59.4 Å². The van der Waals surface area contributed by atoms with Crippen molar-refractivity contribution in [2.24, 2.45) is 0 Å². The van der Waals surface area contributed by atoms with Crippen LogP contribution in [0.5, 0.6) is 0 Å². The molecule has 1 aromatic heterocycles. The molecule has 2 aliphatic heterocycles. The van der Waals surface area contributed by atoms with Crippen molar-refractivity contribution in [3.63, 3.8) is 0 Å². The Morgan fingerprint density at radius 2 is 1.96 bits per heavy atom. The summed E-state index contributed by atoms with van der Waals surface area (Å²) in [7, 11) is 0. The van der Waals surface area contributed by atoms with E-state index in [-0.39, 0.29) is 5.91 Å². The fraction of sp³-hybridized carbons (Fsp3) is 0.222. The van der Waals surface area contributed by atoms with Gasteiger partial charge in [-0.05, 0) is 30.3 Å². The Kier molecular flexibility index (Phi) is 3.86. The van der Waals surface area contributed by atoms with Gasteiger partial charge in [-0.1, -0.05) is 17.7 Å². The molecule has 2 aromatic rings. The van der Waals surface area contributed by atoms with Gasteiger partial charge < -0.3 is 15.1 Å². The van der Waals surface area contributed by atoms with Crippen molar-refractivity contribution in [3.8, 4) is 0 Å². The molecule has 0 atom stereocenters. The number of nitrogens with one attached hydrogen (secondary N) is 1. The number of pyridine rings is 1. The van der Waals surface area contributed by atoms with Crippen molar-refractivity contribution >= 4 is 34.6 Å². The van der Waals surface area contributed by atoms with E-state index in [0.29, 0.717) is 10.6 Å².